The highest BCUT2D eigenvalue weighted by atomic mass is 15.2. The molecule has 58 heavy (non-hydrogen) atoms. The highest BCUT2D eigenvalue weighted by molar-refractivity contribution is 6.23. The monoisotopic (exact) mass is 736 g/mol. The number of hydrogen-bond acceptors (Lipinski definition) is 2. The SMILES string of the molecule is c1ccc2cc3c(cc2c1)c1c(-n2c4ccccc4c4c5ccccc5ccc42)cccc1n3-c1nc(-c2ccc3ccc4ccccc4c3c2)c2ccccc2n1. The fraction of sp³-hybridized carbons (Fsp3) is 0. The molecule has 0 aliphatic carbocycles. The molecule has 0 radical (unpaired) electrons. The lowest BCUT2D eigenvalue weighted by atomic mass is 9.98. The molecule has 3 aromatic heterocycles. The van der Waals surface area contributed by atoms with Crippen molar-refractivity contribution in [3.63, 3.8) is 0 Å². The van der Waals surface area contributed by atoms with Crippen LogP contribution >= 0.6 is 0 Å². The molecule has 10 aromatic carbocycles. The maximum absolute atomic E-state index is 5.55. The Bertz CT molecular complexity index is 3870. The molecule has 0 aliphatic rings. The average molecular weight is 737 g/mol. The molecule has 268 valence electrons. The summed E-state index contributed by atoms with van der Waals surface area (Å²) < 4.78 is 4.75. The van der Waals surface area contributed by atoms with E-state index >= 15 is 0 Å². The van der Waals surface area contributed by atoms with Gasteiger partial charge in [0.05, 0.1) is 39.0 Å². The van der Waals surface area contributed by atoms with Gasteiger partial charge in [0.25, 0.3) is 0 Å². The van der Waals surface area contributed by atoms with Gasteiger partial charge in [0.1, 0.15) is 0 Å². The molecule has 0 N–H and O–H groups in total. The molecule has 0 bridgehead atoms. The third-order valence-electron chi connectivity index (χ3n) is 12.3. The van der Waals surface area contributed by atoms with E-state index in [1.807, 2.05) is 0 Å². The molecule has 13 rings (SSSR count). The highest BCUT2D eigenvalue weighted by Crippen LogP contribution is 2.43. The van der Waals surface area contributed by atoms with Gasteiger partial charge in [0.2, 0.25) is 5.95 Å². The minimum atomic E-state index is 0.646. The van der Waals surface area contributed by atoms with Crippen LogP contribution in [0.15, 0.2) is 194 Å². The zero-order valence-corrected chi connectivity index (χ0v) is 31.3. The first-order valence-corrected chi connectivity index (χ1v) is 19.8. The molecule has 3 heterocycles. The van der Waals surface area contributed by atoms with Gasteiger partial charge < -0.3 is 4.57 Å². The van der Waals surface area contributed by atoms with Crippen LogP contribution in [0.2, 0.25) is 0 Å². The minimum absolute atomic E-state index is 0.646. The molecule has 0 atom stereocenters. The number of nitrogens with zero attached hydrogens (tertiary/aromatic N) is 4. The fourth-order valence-electron chi connectivity index (χ4n) is 9.67. The van der Waals surface area contributed by atoms with Gasteiger partial charge in [-0.2, -0.15) is 0 Å². The molecule has 0 spiro atoms. The summed E-state index contributed by atoms with van der Waals surface area (Å²) >= 11 is 0. The topological polar surface area (TPSA) is 35.6 Å². The molecule has 0 fully saturated rings. The molecular weight excluding hydrogens is 705 g/mol. The van der Waals surface area contributed by atoms with Crippen molar-refractivity contribution >= 4 is 97.6 Å². The second kappa shape index (κ2) is 11.8. The van der Waals surface area contributed by atoms with Gasteiger partial charge in [0, 0.05) is 32.5 Å². The molecule has 0 saturated heterocycles. The van der Waals surface area contributed by atoms with Gasteiger partial charge in [-0.15, -0.1) is 0 Å². The molecule has 0 unspecified atom stereocenters. The van der Waals surface area contributed by atoms with Crippen LogP contribution < -0.4 is 0 Å². The number of fused-ring (bicyclic) bond motifs is 13. The summed E-state index contributed by atoms with van der Waals surface area (Å²) in [7, 11) is 0. The third kappa shape index (κ3) is 4.40. The van der Waals surface area contributed by atoms with Crippen molar-refractivity contribution in [2.45, 2.75) is 0 Å². The van der Waals surface area contributed by atoms with Gasteiger partial charge in [-0.3, -0.25) is 4.57 Å². The Hall–Kier alpha value is -7.82. The van der Waals surface area contributed by atoms with E-state index in [2.05, 4.69) is 203 Å². The van der Waals surface area contributed by atoms with Crippen LogP contribution in [0.25, 0.3) is 120 Å². The summed E-state index contributed by atoms with van der Waals surface area (Å²) in [6.45, 7) is 0. The van der Waals surface area contributed by atoms with Crippen LogP contribution in [0.4, 0.5) is 0 Å². The van der Waals surface area contributed by atoms with Crippen molar-refractivity contribution in [1.82, 2.24) is 19.1 Å². The first kappa shape index (κ1) is 31.4. The molecule has 4 heteroatoms. The summed E-state index contributed by atoms with van der Waals surface area (Å²) in [4.78, 5) is 10.9. The normalized spacial score (nSPS) is 12.1. The zero-order chi connectivity index (χ0) is 37.9. The number of hydrogen-bond donors (Lipinski definition) is 0. The van der Waals surface area contributed by atoms with E-state index < -0.39 is 0 Å². The Kier molecular flexibility index (Phi) is 6.41. The Morgan fingerprint density at radius 2 is 0.914 bits per heavy atom. The van der Waals surface area contributed by atoms with E-state index in [9.17, 15) is 0 Å². The Balaban J connectivity index is 1.15. The Morgan fingerprint density at radius 3 is 1.76 bits per heavy atom. The van der Waals surface area contributed by atoms with Crippen LogP contribution in [0, 0.1) is 0 Å². The van der Waals surface area contributed by atoms with Crippen molar-refractivity contribution in [1.29, 1.82) is 0 Å². The van der Waals surface area contributed by atoms with Gasteiger partial charge in [-0.05, 0) is 91.6 Å². The number of rotatable bonds is 3. The van der Waals surface area contributed by atoms with Crippen LogP contribution in [-0.4, -0.2) is 19.1 Å². The lowest BCUT2D eigenvalue weighted by Gasteiger charge is -2.13. The highest BCUT2D eigenvalue weighted by Gasteiger charge is 2.23. The van der Waals surface area contributed by atoms with Gasteiger partial charge >= 0.3 is 0 Å². The van der Waals surface area contributed by atoms with E-state index in [1.165, 1.54) is 64.9 Å². The van der Waals surface area contributed by atoms with Crippen molar-refractivity contribution in [2.24, 2.45) is 0 Å². The zero-order valence-electron chi connectivity index (χ0n) is 31.3. The Morgan fingerprint density at radius 1 is 0.310 bits per heavy atom. The van der Waals surface area contributed by atoms with E-state index in [4.69, 9.17) is 9.97 Å². The summed E-state index contributed by atoms with van der Waals surface area (Å²) in [6.07, 6.45) is 0. The van der Waals surface area contributed by atoms with Gasteiger partial charge in [0.15, 0.2) is 0 Å². The van der Waals surface area contributed by atoms with E-state index in [1.54, 1.807) is 0 Å². The van der Waals surface area contributed by atoms with Gasteiger partial charge in [-0.25, -0.2) is 9.97 Å². The lowest BCUT2D eigenvalue weighted by Crippen LogP contribution is -2.03. The quantitative estimate of drug-likeness (QED) is 0.169. The van der Waals surface area contributed by atoms with Crippen LogP contribution in [-0.2, 0) is 0 Å². The smallest absolute Gasteiger partial charge is 0.235 e. The van der Waals surface area contributed by atoms with Crippen molar-refractivity contribution < 1.29 is 0 Å². The van der Waals surface area contributed by atoms with E-state index in [0.717, 1.165) is 49.7 Å². The van der Waals surface area contributed by atoms with E-state index in [-0.39, 0.29) is 0 Å². The number of benzene rings is 10. The molecular formula is C54H32N4. The average Bonchev–Trinajstić information content (AvgIpc) is 3.80. The van der Waals surface area contributed by atoms with Crippen molar-refractivity contribution in [3.8, 4) is 22.9 Å². The lowest BCUT2D eigenvalue weighted by molar-refractivity contribution is 1.01. The van der Waals surface area contributed by atoms with Crippen LogP contribution in [0.3, 0.4) is 0 Å². The predicted molar refractivity (Wildman–Crippen MR) is 244 cm³/mol. The summed E-state index contributed by atoms with van der Waals surface area (Å²) in [5, 5.41) is 15.6. The maximum Gasteiger partial charge on any atom is 0.235 e. The van der Waals surface area contributed by atoms with E-state index in [0.29, 0.717) is 5.95 Å². The Labute approximate surface area is 332 Å². The van der Waals surface area contributed by atoms with Crippen LogP contribution in [0.1, 0.15) is 0 Å². The van der Waals surface area contributed by atoms with Crippen molar-refractivity contribution in [2.75, 3.05) is 0 Å². The molecule has 13 aromatic rings. The second-order valence-electron chi connectivity index (χ2n) is 15.4. The fourth-order valence-corrected chi connectivity index (χ4v) is 9.67. The molecule has 0 saturated carbocycles. The number of aromatic nitrogens is 4. The standard InChI is InChI=1S/C54H32N4/c1-2-15-37-32-50-44(30-36(37)14-1)52-47(57-46-21-10-8-19-42(46)51-40-17-6-4-13-34(40)28-29-49(51)57)22-11-23-48(52)58(50)54-55-45-20-9-7-18-41(45)53(56-54)38-27-26-35-25-24-33-12-3-5-16-39(33)43(35)31-38/h1-32H. The first-order valence-electron chi connectivity index (χ1n) is 19.8. The summed E-state index contributed by atoms with van der Waals surface area (Å²) in [5.41, 5.74) is 8.49. The third-order valence-corrected chi connectivity index (χ3v) is 12.3. The first-order chi connectivity index (χ1) is 28.8. The van der Waals surface area contributed by atoms with Gasteiger partial charge in [-0.1, -0.05) is 146 Å². The van der Waals surface area contributed by atoms with Crippen LogP contribution in [0.5, 0.6) is 0 Å². The second-order valence-corrected chi connectivity index (χ2v) is 15.4. The number of para-hydroxylation sites is 2. The minimum Gasteiger partial charge on any atom is -0.309 e. The predicted octanol–water partition coefficient (Wildman–Crippen LogP) is 14.1. The summed E-state index contributed by atoms with van der Waals surface area (Å²) in [5.74, 6) is 0.646. The maximum atomic E-state index is 5.55. The molecule has 4 nitrogen and oxygen atoms in total. The molecule has 0 aliphatic heterocycles. The largest absolute Gasteiger partial charge is 0.309 e. The van der Waals surface area contributed by atoms with Crippen molar-refractivity contribution in [3.05, 3.63) is 194 Å². The summed E-state index contributed by atoms with van der Waals surface area (Å²) in [6, 6.07) is 70.3. The molecule has 0 amide bonds.